The minimum absolute atomic E-state index is 0.0640. The van der Waals surface area contributed by atoms with Crippen molar-refractivity contribution in [1.82, 2.24) is 15.5 Å². The third-order valence-corrected chi connectivity index (χ3v) is 4.23. The lowest BCUT2D eigenvalue weighted by Crippen LogP contribution is -2.44. The minimum Gasteiger partial charge on any atom is -0.494 e. The number of nitrogens with zero attached hydrogens (tertiary/aromatic N) is 1. The fourth-order valence-corrected chi connectivity index (χ4v) is 3.02. The summed E-state index contributed by atoms with van der Waals surface area (Å²) in [4.78, 5) is 37.6. The maximum atomic E-state index is 12.6. The van der Waals surface area contributed by atoms with Crippen LogP contribution < -0.4 is 15.4 Å². The highest BCUT2D eigenvalue weighted by Gasteiger charge is 2.39. The van der Waals surface area contributed by atoms with Gasteiger partial charge >= 0.3 is 0 Å². The normalized spacial score (nSPS) is 19.4. The Morgan fingerprint density at radius 3 is 2.44 bits per heavy atom. The molecule has 0 bridgehead atoms. The van der Waals surface area contributed by atoms with Crippen molar-refractivity contribution in [3.8, 4) is 5.75 Å². The fourth-order valence-electron chi connectivity index (χ4n) is 3.02. The molecule has 0 spiro atoms. The summed E-state index contributed by atoms with van der Waals surface area (Å²) in [6.45, 7) is 4.57. The molecule has 0 unspecified atom stereocenters. The molecule has 1 heterocycles. The van der Waals surface area contributed by atoms with Crippen LogP contribution in [0.25, 0.3) is 0 Å². The van der Waals surface area contributed by atoms with Crippen LogP contribution in [0.5, 0.6) is 5.75 Å². The minimum atomic E-state index is -0.432. The summed E-state index contributed by atoms with van der Waals surface area (Å²) in [7, 11) is 1.55. The van der Waals surface area contributed by atoms with Gasteiger partial charge < -0.3 is 20.3 Å². The van der Waals surface area contributed by atoms with E-state index in [2.05, 4.69) is 10.6 Å². The molecule has 3 amide bonds. The van der Waals surface area contributed by atoms with Gasteiger partial charge in [0.25, 0.3) is 0 Å². The van der Waals surface area contributed by atoms with Crippen molar-refractivity contribution < 1.29 is 19.1 Å². The van der Waals surface area contributed by atoms with Gasteiger partial charge in [-0.3, -0.25) is 14.4 Å². The first kappa shape index (κ1) is 18.8. The highest BCUT2D eigenvalue weighted by molar-refractivity contribution is 5.84. The largest absolute Gasteiger partial charge is 0.494 e. The van der Waals surface area contributed by atoms with E-state index >= 15 is 0 Å². The monoisotopic (exact) mass is 347 g/mol. The highest BCUT2D eigenvalue weighted by Crippen LogP contribution is 2.20. The molecule has 1 saturated heterocycles. The molecular weight excluding hydrogens is 322 g/mol. The summed E-state index contributed by atoms with van der Waals surface area (Å²) in [5.41, 5.74) is 0.882. The van der Waals surface area contributed by atoms with Gasteiger partial charge in [0.15, 0.2) is 0 Å². The Kier molecular flexibility index (Phi) is 6.38. The van der Waals surface area contributed by atoms with Crippen LogP contribution in [0.1, 0.15) is 19.4 Å². The molecule has 1 aliphatic heterocycles. The van der Waals surface area contributed by atoms with Gasteiger partial charge in [-0.1, -0.05) is 12.1 Å². The van der Waals surface area contributed by atoms with Crippen LogP contribution >= 0.6 is 0 Å². The first-order valence-corrected chi connectivity index (χ1v) is 8.42. The fraction of sp³-hybridized carbons (Fsp3) is 0.500. The van der Waals surface area contributed by atoms with E-state index in [-0.39, 0.29) is 30.2 Å². The molecule has 1 fully saturated rings. The first-order chi connectivity index (χ1) is 11.9. The second-order valence-corrected chi connectivity index (χ2v) is 6.08. The molecule has 1 aromatic rings. The Balaban J connectivity index is 2.01. The number of carbonyl (C=O) groups excluding carboxylic acids is 3. The van der Waals surface area contributed by atoms with Gasteiger partial charge in [0.2, 0.25) is 17.7 Å². The Morgan fingerprint density at radius 2 is 1.88 bits per heavy atom. The summed E-state index contributed by atoms with van der Waals surface area (Å²) in [6.07, 6.45) is 0.250. The van der Waals surface area contributed by atoms with E-state index in [1.54, 1.807) is 11.9 Å². The summed E-state index contributed by atoms with van der Waals surface area (Å²) in [6, 6.07) is 7.04. The molecule has 7 nitrogen and oxygen atoms in total. The quantitative estimate of drug-likeness (QED) is 0.777. The summed E-state index contributed by atoms with van der Waals surface area (Å²) >= 11 is 0. The Bertz CT molecular complexity index is 630. The first-order valence-electron chi connectivity index (χ1n) is 8.42. The van der Waals surface area contributed by atoms with Crippen LogP contribution in [0.15, 0.2) is 24.3 Å². The van der Waals surface area contributed by atoms with Crippen molar-refractivity contribution in [1.29, 1.82) is 0 Å². The summed E-state index contributed by atoms with van der Waals surface area (Å²) in [5, 5.41) is 5.36. The molecule has 0 aromatic heterocycles. The van der Waals surface area contributed by atoms with Gasteiger partial charge in [0, 0.05) is 27.1 Å². The molecule has 1 aromatic carbocycles. The van der Waals surface area contributed by atoms with Gasteiger partial charge in [0.1, 0.15) is 5.75 Å². The second-order valence-electron chi connectivity index (χ2n) is 6.08. The van der Waals surface area contributed by atoms with Crippen molar-refractivity contribution in [3.05, 3.63) is 29.8 Å². The SMILES string of the molecule is CCOc1ccc(CC(=O)N2C[C@H](NC(C)=O)[C@@H](C(=O)NC)C2)cc1. The number of amides is 3. The number of hydrogen-bond acceptors (Lipinski definition) is 4. The number of nitrogens with one attached hydrogen (secondary N) is 2. The molecule has 0 saturated carbocycles. The zero-order valence-electron chi connectivity index (χ0n) is 14.9. The summed E-state index contributed by atoms with van der Waals surface area (Å²) in [5.74, 6) is -0.107. The van der Waals surface area contributed by atoms with E-state index in [1.807, 2.05) is 31.2 Å². The molecule has 1 aliphatic rings. The molecule has 2 atom stereocenters. The highest BCUT2D eigenvalue weighted by atomic mass is 16.5. The average molecular weight is 347 g/mol. The van der Waals surface area contributed by atoms with Crippen molar-refractivity contribution in [2.75, 3.05) is 26.7 Å². The van der Waals surface area contributed by atoms with E-state index in [1.165, 1.54) is 6.92 Å². The summed E-state index contributed by atoms with van der Waals surface area (Å²) < 4.78 is 5.39. The Hall–Kier alpha value is -2.57. The van der Waals surface area contributed by atoms with E-state index in [4.69, 9.17) is 4.74 Å². The van der Waals surface area contributed by atoms with E-state index < -0.39 is 5.92 Å². The third-order valence-electron chi connectivity index (χ3n) is 4.23. The number of likely N-dealkylation sites (tertiary alicyclic amines) is 1. The van der Waals surface area contributed by atoms with Crippen LogP contribution in [0.4, 0.5) is 0 Å². The van der Waals surface area contributed by atoms with Crippen LogP contribution in [0, 0.1) is 5.92 Å². The second kappa shape index (κ2) is 8.50. The van der Waals surface area contributed by atoms with Crippen molar-refractivity contribution in [3.63, 3.8) is 0 Å². The average Bonchev–Trinajstić information content (AvgIpc) is 2.99. The molecule has 2 N–H and O–H groups in total. The molecule has 25 heavy (non-hydrogen) atoms. The van der Waals surface area contributed by atoms with Gasteiger partial charge in [-0.05, 0) is 24.6 Å². The van der Waals surface area contributed by atoms with E-state index in [0.29, 0.717) is 19.7 Å². The van der Waals surface area contributed by atoms with Crippen molar-refractivity contribution in [2.45, 2.75) is 26.3 Å². The number of ether oxygens (including phenoxy) is 1. The lowest BCUT2D eigenvalue weighted by Gasteiger charge is -2.17. The Labute approximate surface area is 147 Å². The molecule has 7 heteroatoms. The van der Waals surface area contributed by atoms with Gasteiger partial charge in [-0.15, -0.1) is 0 Å². The van der Waals surface area contributed by atoms with Crippen LogP contribution in [-0.2, 0) is 20.8 Å². The van der Waals surface area contributed by atoms with Crippen LogP contribution in [-0.4, -0.2) is 55.4 Å². The predicted molar refractivity (Wildman–Crippen MR) is 93.1 cm³/mol. The van der Waals surface area contributed by atoms with Gasteiger partial charge in [-0.2, -0.15) is 0 Å². The van der Waals surface area contributed by atoms with Crippen LogP contribution in [0.2, 0.25) is 0 Å². The molecule has 2 rings (SSSR count). The lowest BCUT2D eigenvalue weighted by atomic mass is 10.0. The third kappa shape index (κ3) is 4.95. The maximum absolute atomic E-state index is 12.6. The van der Waals surface area contributed by atoms with Crippen molar-refractivity contribution in [2.24, 2.45) is 5.92 Å². The molecular formula is C18H25N3O4. The van der Waals surface area contributed by atoms with Gasteiger partial charge in [0.05, 0.1) is 25.0 Å². The zero-order valence-corrected chi connectivity index (χ0v) is 14.9. The predicted octanol–water partition coefficient (Wildman–Crippen LogP) is 0.337. The molecule has 0 radical (unpaired) electrons. The topological polar surface area (TPSA) is 87.7 Å². The zero-order chi connectivity index (χ0) is 18.4. The smallest absolute Gasteiger partial charge is 0.227 e. The molecule has 0 aliphatic carbocycles. The van der Waals surface area contributed by atoms with Crippen molar-refractivity contribution >= 4 is 17.7 Å². The number of hydrogen-bond donors (Lipinski definition) is 2. The number of rotatable bonds is 6. The van der Waals surface area contributed by atoms with E-state index in [0.717, 1.165) is 11.3 Å². The number of benzene rings is 1. The standard InChI is InChI=1S/C18H25N3O4/c1-4-25-14-7-5-13(6-8-14)9-17(23)21-10-15(18(24)19-3)16(11-21)20-12(2)22/h5-8,15-16H,4,9-11H2,1-3H3,(H,19,24)(H,20,22)/t15-,16-/m0/s1. The van der Waals surface area contributed by atoms with E-state index in [9.17, 15) is 14.4 Å². The maximum Gasteiger partial charge on any atom is 0.227 e. The van der Waals surface area contributed by atoms with Gasteiger partial charge in [-0.25, -0.2) is 0 Å². The number of carbonyl (C=O) groups is 3. The lowest BCUT2D eigenvalue weighted by molar-refractivity contribution is -0.130. The van der Waals surface area contributed by atoms with Crippen LogP contribution in [0.3, 0.4) is 0 Å². The molecule has 136 valence electrons. The Morgan fingerprint density at radius 1 is 1.20 bits per heavy atom.